The summed E-state index contributed by atoms with van der Waals surface area (Å²) in [6.45, 7) is 6.38. The van der Waals surface area contributed by atoms with Crippen molar-refractivity contribution in [2.24, 2.45) is 5.73 Å². The number of hydrogen-bond acceptors (Lipinski definition) is 3. The molecule has 1 fully saturated rings. The van der Waals surface area contributed by atoms with Crippen LogP contribution in [0.3, 0.4) is 0 Å². The molecular weight excluding hydrogens is 282 g/mol. The molecule has 1 aliphatic heterocycles. The molecule has 0 aromatic heterocycles. The lowest BCUT2D eigenvalue weighted by Crippen LogP contribution is -2.39. The van der Waals surface area contributed by atoms with Crippen molar-refractivity contribution in [3.8, 4) is 0 Å². The van der Waals surface area contributed by atoms with E-state index in [9.17, 15) is 4.79 Å². The number of nitrogens with one attached hydrogen (secondary N) is 1. The molecule has 1 aliphatic rings. The van der Waals surface area contributed by atoms with Gasteiger partial charge in [-0.05, 0) is 57.5 Å². The lowest BCUT2D eigenvalue weighted by atomic mass is 10.0. The Morgan fingerprint density at radius 1 is 1.38 bits per heavy atom. The third kappa shape index (κ3) is 4.25. The molecule has 0 spiro atoms. The van der Waals surface area contributed by atoms with Gasteiger partial charge in [-0.1, -0.05) is 12.2 Å². The molecule has 21 heavy (non-hydrogen) atoms. The molecule has 4 nitrogen and oxygen atoms in total. The van der Waals surface area contributed by atoms with Crippen molar-refractivity contribution in [1.29, 1.82) is 0 Å². The van der Waals surface area contributed by atoms with Crippen LogP contribution in [0.25, 0.3) is 0 Å². The zero-order chi connectivity index (χ0) is 15.5. The molecular formula is C16H23N3OS. The van der Waals surface area contributed by atoms with E-state index in [1.165, 1.54) is 12.8 Å². The van der Waals surface area contributed by atoms with E-state index in [1.54, 1.807) is 0 Å². The normalized spacial score (nSPS) is 17.6. The summed E-state index contributed by atoms with van der Waals surface area (Å²) >= 11 is 4.90. The third-order valence-corrected chi connectivity index (χ3v) is 4.37. The first kappa shape index (κ1) is 15.9. The van der Waals surface area contributed by atoms with Gasteiger partial charge in [0, 0.05) is 29.8 Å². The number of thiocarbonyl (C=S) groups is 1. The molecule has 5 heteroatoms. The fourth-order valence-electron chi connectivity index (χ4n) is 2.76. The van der Waals surface area contributed by atoms with E-state index in [0.717, 1.165) is 24.3 Å². The van der Waals surface area contributed by atoms with E-state index < -0.39 is 0 Å². The van der Waals surface area contributed by atoms with Crippen LogP contribution in [0.4, 0.5) is 5.69 Å². The quantitative estimate of drug-likeness (QED) is 0.821. The van der Waals surface area contributed by atoms with Crippen molar-refractivity contribution in [3.05, 3.63) is 29.8 Å². The van der Waals surface area contributed by atoms with Crippen LogP contribution >= 0.6 is 12.2 Å². The number of anilines is 1. The number of nitrogens with two attached hydrogens (primary N) is 1. The minimum Gasteiger partial charge on any atom is -0.389 e. The highest BCUT2D eigenvalue weighted by atomic mass is 32.1. The fraction of sp³-hybridized carbons (Fsp3) is 0.500. The van der Waals surface area contributed by atoms with E-state index in [-0.39, 0.29) is 11.4 Å². The summed E-state index contributed by atoms with van der Waals surface area (Å²) in [5, 5.41) is 2.91. The average Bonchev–Trinajstić information content (AvgIpc) is 2.76. The molecule has 2 rings (SSSR count). The first-order valence-electron chi connectivity index (χ1n) is 7.33. The summed E-state index contributed by atoms with van der Waals surface area (Å²) in [5.74, 6) is 0.0424. The van der Waals surface area contributed by atoms with E-state index >= 15 is 0 Å². The maximum atomic E-state index is 12.0. The first-order valence-corrected chi connectivity index (χ1v) is 7.74. The Bertz CT molecular complexity index is 525. The minimum absolute atomic E-state index is 0.0424. The Balaban J connectivity index is 1.83. The zero-order valence-corrected chi connectivity index (χ0v) is 13.5. The third-order valence-electron chi connectivity index (χ3n) is 4.13. The largest absolute Gasteiger partial charge is 0.389 e. The molecule has 1 saturated heterocycles. The van der Waals surface area contributed by atoms with Crippen LogP contribution in [0.2, 0.25) is 0 Å². The maximum Gasteiger partial charge on any atom is 0.225 e. The number of carbonyl (C=O) groups is 1. The van der Waals surface area contributed by atoms with Gasteiger partial charge in [-0.25, -0.2) is 0 Å². The van der Waals surface area contributed by atoms with Crippen LogP contribution in [-0.2, 0) is 4.79 Å². The Morgan fingerprint density at radius 2 is 2.05 bits per heavy atom. The minimum atomic E-state index is 0.0424. The number of amides is 1. The van der Waals surface area contributed by atoms with E-state index in [2.05, 4.69) is 24.1 Å². The van der Waals surface area contributed by atoms with Gasteiger partial charge in [0.05, 0.1) is 0 Å². The Kier molecular flexibility index (Phi) is 4.96. The van der Waals surface area contributed by atoms with Gasteiger partial charge < -0.3 is 11.1 Å². The van der Waals surface area contributed by atoms with Crippen molar-refractivity contribution in [2.45, 2.75) is 38.6 Å². The number of carbonyl (C=O) groups excluding carboxylic acids is 1. The van der Waals surface area contributed by atoms with Crippen molar-refractivity contribution in [1.82, 2.24) is 4.90 Å². The predicted octanol–water partition coefficient (Wildman–Crippen LogP) is 2.52. The number of likely N-dealkylation sites (tertiary alicyclic amines) is 1. The Labute approximate surface area is 131 Å². The summed E-state index contributed by atoms with van der Waals surface area (Å²) < 4.78 is 0. The molecule has 0 bridgehead atoms. The number of rotatable bonds is 5. The van der Waals surface area contributed by atoms with Crippen LogP contribution in [-0.4, -0.2) is 34.4 Å². The SMILES string of the molecule is CC1(C)CCCN1CCC(=O)Nc1ccc(C(N)=S)cc1. The smallest absolute Gasteiger partial charge is 0.225 e. The lowest BCUT2D eigenvalue weighted by Gasteiger charge is -2.31. The second-order valence-corrected chi connectivity index (χ2v) is 6.58. The van der Waals surface area contributed by atoms with Gasteiger partial charge in [0.2, 0.25) is 5.91 Å². The van der Waals surface area contributed by atoms with Gasteiger partial charge in [0.25, 0.3) is 0 Å². The molecule has 1 heterocycles. The van der Waals surface area contributed by atoms with Gasteiger partial charge in [-0.15, -0.1) is 0 Å². The molecule has 1 aromatic rings. The van der Waals surface area contributed by atoms with Crippen molar-refractivity contribution in [3.63, 3.8) is 0 Å². The van der Waals surface area contributed by atoms with Crippen molar-refractivity contribution in [2.75, 3.05) is 18.4 Å². The second kappa shape index (κ2) is 6.54. The number of hydrogen-bond donors (Lipinski definition) is 2. The van der Waals surface area contributed by atoms with Gasteiger partial charge in [-0.2, -0.15) is 0 Å². The molecule has 1 amide bonds. The van der Waals surface area contributed by atoms with Crippen molar-refractivity contribution >= 4 is 28.8 Å². The van der Waals surface area contributed by atoms with Gasteiger partial charge in [0.1, 0.15) is 4.99 Å². The second-order valence-electron chi connectivity index (χ2n) is 6.14. The molecule has 3 N–H and O–H groups in total. The maximum absolute atomic E-state index is 12.0. The molecule has 0 radical (unpaired) electrons. The topological polar surface area (TPSA) is 58.4 Å². The standard InChI is InChI=1S/C16H23N3OS/c1-16(2)9-3-10-19(16)11-8-14(20)18-13-6-4-12(5-7-13)15(17)21/h4-7H,3,8-11H2,1-2H3,(H2,17,21)(H,18,20). The molecule has 0 aliphatic carbocycles. The summed E-state index contributed by atoms with van der Waals surface area (Å²) in [7, 11) is 0. The summed E-state index contributed by atoms with van der Waals surface area (Å²) in [6.07, 6.45) is 2.94. The highest BCUT2D eigenvalue weighted by Gasteiger charge is 2.31. The average molecular weight is 305 g/mol. The molecule has 114 valence electrons. The Hall–Kier alpha value is -1.46. The van der Waals surface area contributed by atoms with Crippen LogP contribution in [0, 0.1) is 0 Å². The summed E-state index contributed by atoms with van der Waals surface area (Å²) in [5.41, 5.74) is 7.35. The molecule has 0 unspecified atom stereocenters. The van der Waals surface area contributed by atoms with Crippen LogP contribution in [0.15, 0.2) is 24.3 Å². The molecule has 0 saturated carbocycles. The first-order chi connectivity index (χ1) is 9.88. The lowest BCUT2D eigenvalue weighted by molar-refractivity contribution is -0.116. The predicted molar refractivity (Wildman–Crippen MR) is 90.5 cm³/mol. The van der Waals surface area contributed by atoms with E-state index in [0.29, 0.717) is 11.4 Å². The van der Waals surface area contributed by atoms with Gasteiger partial charge in [0.15, 0.2) is 0 Å². The van der Waals surface area contributed by atoms with Gasteiger partial charge in [-0.3, -0.25) is 9.69 Å². The van der Waals surface area contributed by atoms with Crippen LogP contribution < -0.4 is 11.1 Å². The van der Waals surface area contributed by atoms with Crippen LogP contribution in [0.5, 0.6) is 0 Å². The summed E-state index contributed by atoms with van der Waals surface area (Å²) in [6, 6.07) is 7.29. The molecule has 1 aromatic carbocycles. The van der Waals surface area contributed by atoms with Crippen LogP contribution in [0.1, 0.15) is 38.7 Å². The van der Waals surface area contributed by atoms with E-state index in [1.807, 2.05) is 24.3 Å². The van der Waals surface area contributed by atoms with Gasteiger partial charge >= 0.3 is 0 Å². The molecule has 0 atom stereocenters. The van der Waals surface area contributed by atoms with E-state index in [4.69, 9.17) is 18.0 Å². The highest BCUT2D eigenvalue weighted by Crippen LogP contribution is 2.27. The van der Waals surface area contributed by atoms with Crippen molar-refractivity contribution < 1.29 is 4.79 Å². The highest BCUT2D eigenvalue weighted by molar-refractivity contribution is 7.80. The zero-order valence-electron chi connectivity index (χ0n) is 12.7. The number of nitrogens with zero attached hydrogens (tertiary/aromatic N) is 1. The fourth-order valence-corrected chi connectivity index (χ4v) is 2.89. The summed E-state index contributed by atoms with van der Waals surface area (Å²) in [4.78, 5) is 14.8. The monoisotopic (exact) mass is 305 g/mol. The number of benzene rings is 1. The Morgan fingerprint density at radius 3 is 2.57 bits per heavy atom.